The summed E-state index contributed by atoms with van der Waals surface area (Å²) in [7, 11) is 1.68. The van der Waals surface area contributed by atoms with Gasteiger partial charge in [0.05, 0.1) is 26.0 Å². The molecule has 134 valence electrons. The van der Waals surface area contributed by atoms with E-state index in [-0.39, 0.29) is 0 Å². The lowest BCUT2D eigenvalue weighted by atomic mass is 10.1. The first-order valence-electron chi connectivity index (χ1n) is 8.54. The molecular formula is C20H20N2O3S. The van der Waals surface area contributed by atoms with Crippen LogP contribution in [0.4, 0.5) is 5.13 Å². The van der Waals surface area contributed by atoms with Gasteiger partial charge in [0.2, 0.25) is 0 Å². The van der Waals surface area contributed by atoms with Crippen LogP contribution >= 0.6 is 11.3 Å². The van der Waals surface area contributed by atoms with Gasteiger partial charge in [-0.3, -0.25) is 0 Å². The quantitative estimate of drug-likeness (QED) is 0.714. The smallest absolute Gasteiger partial charge is 0.183 e. The fourth-order valence-corrected chi connectivity index (χ4v) is 3.49. The van der Waals surface area contributed by atoms with Crippen molar-refractivity contribution >= 4 is 16.5 Å². The minimum absolute atomic E-state index is 0.681. The van der Waals surface area contributed by atoms with Gasteiger partial charge in [0.1, 0.15) is 5.75 Å². The molecule has 0 atom stereocenters. The number of methoxy groups -OCH3 is 1. The maximum absolute atomic E-state index is 5.77. The van der Waals surface area contributed by atoms with E-state index in [1.165, 1.54) is 0 Å². The van der Waals surface area contributed by atoms with Gasteiger partial charge in [-0.05, 0) is 35.9 Å². The summed E-state index contributed by atoms with van der Waals surface area (Å²) in [5, 5.41) is 6.30. The molecule has 2 aromatic carbocycles. The topological polar surface area (TPSA) is 52.6 Å². The van der Waals surface area contributed by atoms with Crippen LogP contribution < -0.4 is 19.5 Å². The molecule has 5 nitrogen and oxygen atoms in total. The lowest BCUT2D eigenvalue weighted by molar-refractivity contribution is 0.297. The molecule has 1 aliphatic heterocycles. The van der Waals surface area contributed by atoms with Crippen LogP contribution in [-0.4, -0.2) is 25.3 Å². The van der Waals surface area contributed by atoms with Gasteiger partial charge in [0.25, 0.3) is 0 Å². The molecule has 0 saturated carbocycles. The summed E-state index contributed by atoms with van der Waals surface area (Å²) in [6, 6.07) is 14.0. The van der Waals surface area contributed by atoms with Crippen LogP contribution in [0.5, 0.6) is 17.2 Å². The Hall–Kier alpha value is -2.73. The van der Waals surface area contributed by atoms with Gasteiger partial charge >= 0.3 is 0 Å². The number of rotatable bonds is 5. The van der Waals surface area contributed by atoms with Gasteiger partial charge in [-0.1, -0.05) is 12.1 Å². The Kier molecular flexibility index (Phi) is 4.93. The van der Waals surface area contributed by atoms with Crippen molar-refractivity contribution < 1.29 is 14.2 Å². The van der Waals surface area contributed by atoms with Gasteiger partial charge in [-0.25, -0.2) is 4.98 Å². The Morgan fingerprint density at radius 1 is 1.12 bits per heavy atom. The van der Waals surface area contributed by atoms with Crippen molar-refractivity contribution in [1.82, 2.24) is 4.98 Å². The molecule has 0 amide bonds. The molecule has 4 rings (SSSR count). The highest BCUT2D eigenvalue weighted by molar-refractivity contribution is 7.14. The maximum Gasteiger partial charge on any atom is 0.183 e. The highest BCUT2D eigenvalue weighted by Gasteiger charge is 2.13. The fraction of sp³-hybridized carbons (Fsp3) is 0.250. The van der Waals surface area contributed by atoms with Crippen molar-refractivity contribution in [3.8, 4) is 28.5 Å². The van der Waals surface area contributed by atoms with Crippen LogP contribution in [0, 0.1) is 0 Å². The van der Waals surface area contributed by atoms with Crippen molar-refractivity contribution in [3.63, 3.8) is 0 Å². The number of thiazole rings is 1. The van der Waals surface area contributed by atoms with E-state index in [0.717, 1.165) is 45.6 Å². The number of fused-ring (bicyclic) bond motifs is 1. The molecule has 0 radical (unpaired) electrons. The van der Waals surface area contributed by atoms with Crippen molar-refractivity contribution in [2.24, 2.45) is 0 Å². The summed E-state index contributed by atoms with van der Waals surface area (Å²) in [5.41, 5.74) is 3.11. The molecule has 0 unspecified atom stereocenters. The number of benzene rings is 2. The minimum Gasteiger partial charge on any atom is -0.497 e. The normalized spacial score (nSPS) is 13.1. The first-order valence-corrected chi connectivity index (χ1v) is 9.42. The molecule has 0 fully saturated rings. The number of nitrogens with one attached hydrogen (secondary N) is 1. The lowest BCUT2D eigenvalue weighted by Gasteiger charge is -2.08. The third-order valence-corrected chi connectivity index (χ3v) is 4.93. The Morgan fingerprint density at radius 3 is 2.88 bits per heavy atom. The van der Waals surface area contributed by atoms with Crippen LogP contribution in [-0.2, 0) is 6.54 Å². The van der Waals surface area contributed by atoms with E-state index in [2.05, 4.69) is 11.4 Å². The molecule has 1 aromatic heterocycles. The fourth-order valence-electron chi connectivity index (χ4n) is 2.77. The highest BCUT2D eigenvalue weighted by atomic mass is 32.1. The van der Waals surface area contributed by atoms with E-state index >= 15 is 0 Å². The van der Waals surface area contributed by atoms with Crippen LogP contribution in [0.3, 0.4) is 0 Å². The molecule has 0 spiro atoms. The lowest BCUT2D eigenvalue weighted by Crippen LogP contribution is -1.99. The third kappa shape index (κ3) is 3.75. The highest BCUT2D eigenvalue weighted by Crippen LogP contribution is 2.35. The van der Waals surface area contributed by atoms with Gasteiger partial charge in [-0.2, -0.15) is 0 Å². The zero-order valence-corrected chi connectivity index (χ0v) is 15.3. The van der Waals surface area contributed by atoms with Crippen LogP contribution in [0.2, 0.25) is 0 Å². The first kappa shape index (κ1) is 16.7. The number of aromatic nitrogens is 1. The Bertz CT molecular complexity index is 894. The predicted octanol–water partition coefficient (Wildman–Crippen LogP) is 4.59. The Labute approximate surface area is 156 Å². The summed E-state index contributed by atoms with van der Waals surface area (Å²) in [4.78, 5) is 4.69. The summed E-state index contributed by atoms with van der Waals surface area (Å²) >= 11 is 1.59. The SMILES string of the molecule is COc1cccc(CNc2nc(-c3ccc4c(c3)OCCCO4)cs2)c1. The zero-order chi connectivity index (χ0) is 17.8. The number of hydrogen-bond acceptors (Lipinski definition) is 6. The summed E-state index contributed by atoms with van der Waals surface area (Å²) in [6.45, 7) is 2.08. The van der Waals surface area contributed by atoms with Crippen LogP contribution in [0.1, 0.15) is 12.0 Å². The molecule has 0 aliphatic carbocycles. The summed E-state index contributed by atoms with van der Waals surface area (Å²) in [5.74, 6) is 2.45. The van der Waals surface area contributed by atoms with E-state index in [4.69, 9.17) is 19.2 Å². The van der Waals surface area contributed by atoms with Crippen molar-refractivity contribution in [1.29, 1.82) is 0 Å². The van der Waals surface area contributed by atoms with Crippen molar-refractivity contribution in [3.05, 3.63) is 53.4 Å². The average Bonchev–Trinajstić information content (AvgIpc) is 3.03. The molecule has 26 heavy (non-hydrogen) atoms. The second-order valence-electron chi connectivity index (χ2n) is 5.95. The average molecular weight is 368 g/mol. The standard InChI is InChI=1S/C20H20N2O3S/c1-23-16-5-2-4-14(10-16)12-21-20-22-17(13-26-20)15-6-7-18-19(11-15)25-9-3-8-24-18/h2,4-7,10-11,13H,3,8-9,12H2,1H3,(H,21,22). The number of nitrogens with zero attached hydrogens (tertiary/aromatic N) is 1. The predicted molar refractivity (Wildman–Crippen MR) is 103 cm³/mol. The monoisotopic (exact) mass is 368 g/mol. The minimum atomic E-state index is 0.681. The molecule has 1 N–H and O–H groups in total. The zero-order valence-electron chi connectivity index (χ0n) is 14.5. The second-order valence-corrected chi connectivity index (χ2v) is 6.81. The Morgan fingerprint density at radius 2 is 2.00 bits per heavy atom. The van der Waals surface area contributed by atoms with Crippen molar-refractivity contribution in [2.75, 3.05) is 25.6 Å². The van der Waals surface area contributed by atoms with Gasteiger partial charge < -0.3 is 19.5 Å². The Balaban J connectivity index is 1.46. The number of anilines is 1. The van der Waals surface area contributed by atoms with E-state index < -0.39 is 0 Å². The van der Waals surface area contributed by atoms with E-state index in [1.54, 1.807) is 18.4 Å². The first-order chi connectivity index (χ1) is 12.8. The molecule has 0 bridgehead atoms. The van der Waals surface area contributed by atoms with Gasteiger partial charge in [0, 0.05) is 23.9 Å². The number of ether oxygens (including phenoxy) is 3. The van der Waals surface area contributed by atoms with E-state index in [1.807, 2.05) is 41.8 Å². The largest absolute Gasteiger partial charge is 0.497 e. The van der Waals surface area contributed by atoms with Gasteiger partial charge in [0.15, 0.2) is 16.6 Å². The summed E-state index contributed by atoms with van der Waals surface area (Å²) < 4.78 is 16.7. The molecular weight excluding hydrogens is 348 g/mol. The van der Waals surface area contributed by atoms with Crippen LogP contribution in [0.15, 0.2) is 47.8 Å². The molecule has 6 heteroatoms. The van der Waals surface area contributed by atoms with Gasteiger partial charge in [-0.15, -0.1) is 11.3 Å². The van der Waals surface area contributed by atoms with Crippen LogP contribution in [0.25, 0.3) is 11.3 Å². The van der Waals surface area contributed by atoms with Crippen molar-refractivity contribution in [2.45, 2.75) is 13.0 Å². The molecule has 2 heterocycles. The summed E-state index contributed by atoms with van der Waals surface area (Å²) in [6.07, 6.45) is 0.902. The third-order valence-electron chi connectivity index (χ3n) is 4.13. The molecule has 0 saturated heterocycles. The molecule has 1 aliphatic rings. The number of hydrogen-bond donors (Lipinski definition) is 1. The van der Waals surface area contributed by atoms with E-state index in [0.29, 0.717) is 19.8 Å². The maximum atomic E-state index is 5.77. The molecule has 3 aromatic rings. The van der Waals surface area contributed by atoms with E-state index in [9.17, 15) is 0 Å². The second kappa shape index (κ2) is 7.66.